The molecular weight excluding hydrogens is 622 g/mol. The van der Waals surface area contributed by atoms with Crippen molar-refractivity contribution in [3.8, 4) is 11.5 Å². The number of hydrogen-bond donors (Lipinski definition) is 1. The van der Waals surface area contributed by atoms with Crippen molar-refractivity contribution < 1.29 is 33.3 Å². The molecule has 2 aromatic rings. The highest BCUT2D eigenvalue weighted by molar-refractivity contribution is 5.95. The first kappa shape index (κ1) is 38.1. The summed E-state index contributed by atoms with van der Waals surface area (Å²) in [6.45, 7) is 8.65. The van der Waals surface area contributed by atoms with E-state index in [0.717, 1.165) is 44.1 Å². The molecule has 4 rings (SSSR count). The zero-order chi connectivity index (χ0) is 33.1. The Morgan fingerprint density at radius 1 is 0.936 bits per heavy atom. The number of amides is 2. The van der Waals surface area contributed by atoms with Gasteiger partial charge in [0, 0.05) is 63.0 Å². The maximum absolute atomic E-state index is 13.8. The van der Waals surface area contributed by atoms with Gasteiger partial charge in [0.2, 0.25) is 5.91 Å². The molecule has 11 heteroatoms. The molecule has 2 atom stereocenters. The largest absolute Gasteiger partial charge is 0.493 e. The van der Waals surface area contributed by atoms with Crippen molar-refractivity contribution in [1.82, 2.24) is 15.1 Å². The maximum atomic E-state index is 13.8. The van der Waals surface area contributed by atoms with Crippen LogP contribution in [0.1, 0.15) is 85.6 Å². The van der Waals surface area contributed by atoms with Crippen molar-refractivity contribution in [2.75, 3.05) is 47.1 Å². The van der Waals surface area contributed by atoms with Crippen molar-refractivity contribution in [3.63, 3.8) is 0 Å². The van der Waals surface area contributed by atoms with E-state index < -0.39 is 0 Å². The Hall–Kier alpha value is -3.34. The SMILES string of the molecule is CCOC(=O)c1cccc(CC(=O)N(CC[C@H]2CC[C@@H](N(C(=O)c3ccc(OC)c(OCCCOC)c3)C(C)C)CN2)C2CC2)c1.Cl. The zero-order valence-corrected chi connectivity index (χ0v) is 29.3. The second-order valence-electron chi connectivity index (χ2n) is 12.4. The van der Waals surface area contributed by atoms with Crippen LogP contribution in [-0.2, 0) is 20.7 Å². The summed E-state index contributed by atoms with van der Waals surface area (Å²) in [5, 5.41) is 3.68. The van der Waals surface area contributed by atoms with Gasteiger partial charge in [-0.15, -0.1) is 12.4 Å². The van der Waals surface area contributed by atoms with E-state index in [-0.39, 0.29) is 54.7 Å². The van der Waals surface area contributed by atoms with Gasteiger partial charge in [0.1, 0.15) is 0 Å². The third kappa shape index (κ3) is 10.8. The average molecular weight is 674 g/mol. The topological polar surface area (TPSA) is 107 Å². The van der Waals surface area contributed by atoms with Crippen LogP contribution in [0.5, 0.6) is 11.5 Å². The van der Waals surface area contributed by atoms with Crippen LogP contribution < -0.4 is 14.8 Å². The van der Waals surface area contributed by atoms with E-state index in [9.17, 15) is 14.4 Å². The molecule has 2 aliphatic rings. The maximum Gasteiger partial charge on any atom is 0.338 e. The fourth-order valence-corrected chi connectivity index (χ4v) is 6.15. The van der Waals surface area contributed by atoms with Gasteiger partial charge in [-0.05, 0) is 88.8 Å². The van der Waals surface area contributed by atoms with Gasteiger partial charge in [0.05, 0.1) is 32.3 Å². The van der Waals surface area contributed by atoms with Gasteiger partial charge in [0.15, 0.2) is 11.5 Å². The number of nitrogens with zero attached hydrogens (tertiary/aromatic N) is 2. The van der Waals surface area contributed by atoms with E-state index in [1.807, 2.05) is 15.9 Å². The Kier molecular flexibility index (Phi) is 15.3. The third-order valence-corrected chi connectivity index (χ3v) is 8.66. The fourth-order valence-electron chi connectivity index (χ4n) is 6.15. The number of nitrogens with one attached hydrogen (secondary N) is 1. The minimum atomic E-state index is -0.369. The second-order valence-corrected chi connectivity index (χ2v) is 12.4. The van der Waals surface area contributed by atoms with Crippen molar-refractivity contribution >= 4 is 30.2 Å². The average Bonchev–Trinajstić information content (AvgIpc) is 3.89. The highest BCUT2D eigenvalue weighted by atomic mass is 35.5. The molecular formula is C36H52ClN3O7. The molecule has 2 amide bonds. The molecule has 1 aliphatic heterocycles. The Morgan fingerprint density at radius 2 is 1.70 bits per heavy atom. The van der Waals surface area contributed by atoms with E-state index in [2.05, 4.69) is 19.2 Å². The van der Waals surface area contributed by atoms with Crippen LogP contribution in [0, 0.1) is 0 Å². The van der Waals surface area contributed by atoms with E-state index in [4.69, 9.17) is 18.9 Å². The quantitative estimate of drug-likeness (QED) is 0.178. The van der Waals surface area contributed by atoms with Crippen LogP contribution in [0.15, 0.2) is 42.5 Å². The van der Waals surface area contributed by atoms with Gasteiger partial charge in [-0.3, -0.25) is 9.59 Å². The van der Waals surface area contributed by atoms with Crippen molar-refractivity contribution in [2.45, 2.75) is 89.9 Å². The molecule has 1 saturated heterocycles. The summed E-state index contributed by atoms with van der Waals surface area (Å²) in [6.07, 6.45) is 5.73. The summed E-state index contributed by atoms with van der Waals surface area (Å²) in [7, 11) is 3.25. The first-order chi connectivity index (χ1) is 22.2. The number of halogens is 1. The number of esters is 1. The molecule has 1 saturated carbocycles. The van der Waals surface area contributed by atoms with E-state index >= 15 is 0 Å². The van der Waals surface area contributed by atoms with Crippen molar-refractivity contribution in [1.29, 1.82) is 0 Å². The number of carbonyl (C=O) groups is 3. The molecule has 1 N–H and O–H groups in total. The summed E-state index contributed by atoms with van der Waals surface area (Å²) in [5.74, 6) is 0.844. The number of piperidine rings is 1. The van der Waals surface area contributed by atoms with Gasteiger partial charge in [0.25, 0.3) is 5.91 Å². The number of hydrogen-bond acceptors (Lipinski definition) is 8. The van der Waals surface area contributed by atoms with E-state index in [1.54, 1.807) is 57.5 Å². The predicted octanol–water partition coefficient (Wildman–Crippen LogP) is 5.30. The molecule has 0 aromatic heterocycles. The molecule has 47 heavy (non-hydrogen) atoms. The first-order valence-electron chi connectivity index (χ1n) is 16.7. The van der Waals surface area contributed by atoms with Crippen molar-refractivity contribution in [2.24, 2.45) is 0 Å². The van der Waals surface area contributed by atoms with Crippen LogP contribution in [0.4, 0.5) is 0 Å². The smallest absolute Gasteiger partial charge is 0.338 e. The molecule has 2 fully saturated rings. The summed E-state index contributed by atoms with van der Waals surface area (Å²) in [4.78, 5) is 43.3. The minimum absolute atomic E-state index is 0. The minimum Gasteiger partial charge on any atom is -0.493 e. The predicted molar refractivity (Wildman–Crippen MR) is 184 cm³/mol. The Morgan fingerprint density at radius 3 is 2.34 bits per heavy atom. The lowest BCUT2D eigenvalue weighted by molar-refractivity contribution is -0.131. The number of benzene rings is 2. The number of carbonyl (C=O) groups excluding carboxylic acids is 3. The van der Waals surface area contributed by atoms with Crippen LogP contribution in [0.2, 0.25) is 0 Å². The van der Waals surface area contributed by atoms with Crippen LogP contribution in [0.3, 0.4) is 0 Å². The number of methoxy groups -OCH3 is 2. The molecule has 0 unspecified atom stereocenters. The molecule has 10 nitrogen and oxygen atoms in total. The third-order valence-electron chi connectivity index (χ3n) is 8.66. The molecule has 0 bridgehead atoms. The molecule has 0 spiro atoms. The summed E-state index contributed by atoms with van der Waals surface area (Å²) in [5.41, 5.74) is 1.86. The molecule has 2 aromatic carbocycles. The van der Waals surface area contributed by atoms with Crippen LogP contribution in [-0.4, -0.2) is 98.9 Å². The lowest BCUT2D eigenvalue weighted by atomic mass is 9.95. The lowest BCUT2D eigenvalue weighted by Crippen LogP contribution is -2.54. The lowest BCUT2D eigenvalue weighted by Gasteiger charge is -2.40. The summed E-state index contributed by atoms with van der Waals surface area (Å²) >= 11 is 0. The standard InChI is InChI=1S/C36H51N3O7.ClH/c1-6-45-36(42)28-10-7-9-26(21-28)22-34(40)38(30-14-15-30)18-17-29-12-13-31(24-37-29)39(25(2)3)35(41)27-11-16-32(44-5)33(23-27)46-20-8-19-43-4;/h7,9-11,16,21,23,25,29-31,37H,6,8,12-15,17-20,22,24H2,1-5H3;1H/t29-,31-;/m1./s1. The Balaban J connectivity index is 0.00000600. The highest BCUT2D eigenvalue weighted by Crippen LogP contribution is 2.31. The normalized spacial score (nSPS) is 17.4. The Labute approximate surface area is 285 Å². The number of rotatable bonds is 17. The molecule has 0 radical (unpaired) electrons. The van der Waals surface area contributed by atoms with Crippen LogP contribution >= 0.6 is 12.4 Å². The van der Waals surface area contributed by atoms with Gasteiger partial charge < -0.3 is 34.1 Å². The Bertz CT molecular complexity index is 1310. The highest BCUT2D eigenvalue weighted by Gasteiger charge is 2.35. The van der Waals surface area contributed by atoms with Gasteiger partial charge in [-0.2, -0.15) is 0 Å². The van der Waals surface area contributed by atoms with Crippen LogP contribution in [0.25, 0.3) is 0 Å². The summed E-state index contributed by atoms with van der Waals surface area (Å²) in [6, 6.07) is 13.2. The summed E-state index contributed by atoms with van der Waals surface area (Å²) < 4.78 is 21.6. The van der Waals surface area contributed by atoms with Crippen molar-refractivity contribution in [3.05, 3.63) is 59.2 Å². The monoisotopic (exact) mass is 673 g/mol. The van der Waals surface area contributed by atoms with Gasteiger partial charge in [-0.25, -0.2) is 4.79 Å². The fraction of sp³-hybridized carbons (Fsp3) is 0.583. The van der Waals surface area contributed by atoms with Gasteiger partial charge in [-0.1, -0.05) is 12.1 Å². The van der Waals surface area contributed by atoms with E-state index in [1.165, 1.54) is 0 Å². The van der Waals surface area contributed by atoms with E-state index in [0.29, 0.717) is 61.6 Å². The molecule has 1 aliphatic carbocycles. The van der Waals surface area contributed by atoms with Gasteiger partial charge >= 0.3 is 5.97 Å². The first-order valence-corrected chi connectivity index (χ1v) is 16.7. The zero-order valence-electron chi connectivity index (χ0n) is 28.5. The molecule has 1 heterocycles. The second kappa shape index (κ2) is 18.9. The number of ether oxygens (including phenoxy) is 4. The molecule has 260 valence electrons.